The van der Waals surface area contributed by atoms with Crippen LogP contribution in [0, 0.1) is 11.6 Å². The van der Waals surface area contributed by atoms with Crippen LogP contribution in [0.4, 0.5) is 8.78 Å². The first-order chi connectivity index (χ1) is 11.9. The molecular formula is C19H19F2NO3. The molecule has 6 heteroatoms. The van der Waals surface area contributed by atoms with E-state index in [-0.39, 0.29) is 12.1 Å². The first-order valence-electron chi connectivity index (χ1n) is 8.04. The highest BCUT2D eigenvalue weighted by Crippen LogP contribution is 2.33. The van der Waals surface area contributed by atoms with E-state index in [0.29, 0.717) is 30.7 Å². The Morgan fingerprint density at radius 1 is 1.20 bits per heavy atom. The zero-order chi connectivity index (χ0) is 18.0. The summed E-state index contributed by atoms with van der Waals surface area (Å²) in [6, 6.07) is 10.2. The van der Waals surface area contributed by atoms with Crippen molar-refractivity contribution in [2.24, 2.45) is 0 Å². The van der Waals surface area contributed by atoms with Gasteiger partial charge in [-0.05, 0) is 48.7 Å². The van der Waals surface area contributed by atoms with Crippen LogP contribution in [0.15, 0.2) is 42.5 Å². The maximum atomic E-state index is 13.4. The lowest BCUT2D eigenvalue weighted by molar-refractivity contribution is -0.0290. The minimum atomic E-state index is -1.21. The summed E-state index contributed by atoms with van der Waals surface area (Å²) in [6.07, 6.45) is 1.10. The number of benzene rings is 2. The van der Waals surface area contributed by atoms with Gasteiger partial charge >= 0.3 is 0 Å². The zero-order valence-electron chi connectivity index (χ0n) is 13.8. The van der Waals surface area contributed by atoms with Gasteiger partial charge in [0.15, 0.2) is 11.6 Å². The number of rotatable bonds is 3. The summed E-state index contributed by atoms with van der Waals surface area (Å²) < 4.78 is 31.7. The van der Waals surface area contributed by atoms with E-state index in [1.165, 1.54) is 11.0 Å². The van der Waals surface area contributed by atoms with Crippen molar-refractivity contribution in [3.05, 3.63) is 65.2 Å². The van der Waals surface area contributed by atoms with E-state index in [0.717, 1.165) is 12.1 Å². The minimum absolute atomic E-state index is 0.0637. The maximum Gasteiger partial charge on any atom is 0.254 e. The summed E-state index contributed by atoms with van der Waals surface area (Å²) in [5.41, 5.74) is -0.482. The topological polar surface area (TPSA) is 49.8 Å². The number of piperidine rings is 1. The van der Waals surface area contributed by atoms with Gasteiger partial charge in [0.25, 0.3) is 5.91 Å². The van der Waals surface area contributed by atoms with Gasteiger partial charge in [-0.25, -0.2) is 8.78 Å². The van der Waals surface area contributed by atoms with Gasteiger partial charge < -0.3 is 14.7 Å². The molecule has 0 bridgehead atoms. The number of methoxy groups -OCH3 is 1. The molecule has 25 heavy (non-hydrogen) atoms. The second-order valence-corrected chi connectivity index (χ2v) is 6.22. The number of nitrogens with zero attached hydrogens (tertiary/aromatic N) is 1. The van der Waals surface area contributed by atoms with Crippen LogP contribution in [-0.2, 0) is 5.60 Å². The number of likely N-dealkylation sites (tertiary alicyclic amines) is 1. The fourth-order valence-corrected chi connectivity index (χ4v) is 3.17. The molecule has 2 aromatic rings. The summed E-state index contributed by atoms with van der Waals surface area (Å²) >= 11 is 0. The van der Waals surface area contributed by atoms with Gasteiger partial charge in [0.1, 0.15) is 11.4 Å². The molecule has 0 aromatic heterocycles. The lowest BCUT2D eigenvalue weighted by atomic mass is 9.85. The van der Waals surface area contributed by atoms with E-state index >= 15 is 0 Å². The SMILES string of the molecule is COc1cccc(C2(O)CCCN(C(=O)c3ccc(F)c(F)c3)C2)c1. The van der Waals surface area contributed by atoms with Crippen LogP contribution >= 0.6 is 0 Å². The van der Waals surface area contributed by atoms with Crippen molar-refractivity contribution >= 4 is 5.91 Å². The highest BCUT2D eigenvalue weighted by molar-refractivity contribution is 5.94. The Morgan fingerprint density at radius 3 is 2.72 bits per heavy atom. The van der Waals surface area contributed by atoms with Gasteiger partial charge in [-0.3, -0.25) is 4.79 Å². The smallest absolute Gasteiger partial charge is 0.254 e. The van der Waals surface area contributed by atoms with Crippen molar-refractivity contribution in [1.29, 1.82) is 0 Å². The number of aliphatic hydroxyl groups is 1. The van der Waals surface area contributed by atoms with E-state index in [1.54, 1.807) is 31.4 Å². The second-order valence-electron chi connectivity index (χ2n) is 6.22. The summed E-state index contributed by atoms with van der Waals surface area (Å²) in [4.78, 5) is 14.1. The van der Waals surface area contributed by atoms with E-state index in [1.807, 2.05) is 0 Å². The van der Waals surface area contributed by atoms with Crippen LogP contribution in [0.25, 0.3) is 0 Å². The first-order valence-corrected chi connectivity index (χ1v) is 8.04. The number of halogens is 2. The highest BCUT2D eigenvalue weighted by atomic mass is 19.2. The Labute approximate surface area is 144 Å². The van der Waals surface area contributed by atoms with Gasteiger partial charge in [-0.1, -0.05) is 12.1 Å². The molecule has 0 spiro atoms. The summed E-state index contributed by atoms with van der Waals surface area (Å²) in [6.45, 7) is 0.530. The molecule has 0 saturated carbocycles. The number of carbonyl (C=O) groups excluding carboxylic acids is 1. The third-order valence-electron chi connectivity index (χ3n) is 4.53. The molecule has 132 valence electrons. The van der Waals surface area contributed by atoms with Crippen LogP contribution < -0.4 is 4.74 Å². The van der Waals surface area contributed by atoms with Crippen molar-refractivity contribution in [2.75, 3.05) is 20.2 Å². The third-order valence-corrected chi connectivity index (χ3v) is 4.53. The Kier molecular flexibility index (Phi) is 4.72. The minimum Gasteiger partial charge on any atom is -0.497 e. The lowest BCUT2D eigenvalue weighted by Crippen LogP contribution is -2.48. The van der Waals surface area contributed by atoms with E-state index in [9.17, 15) is 18.7 Å². The fourth-order valence-electron chi connectivity index (χ4n) is 3.17. The normalized spacial score (nSPS) is 20.4. The van der Waals surface area contributed by atoms with E-state index in [4.69, 9.17) is 4.74 Å². The number of hydrogen-bond acceptors (Lipinski definition) is 3. The average molecular weight is 347 g/mol. The summed E-state index contributed by atoms with van der Waals surface area (Å²) in [5.74, 6) is -1.87. The average Bonchev–Trinajstić information content (AvgIpc) is 2.63. The Morgan fingerprint density at radius 2 is 2.00 bits per heavy atom. The number of ether oxygens (including phenoxy) is 1. The number of amides is 1. The predicted octanol–water partition coefficient (Wildman–Crippen LogP) is 3.10. The van der Waals surface area contributed by atoms with Gasteiger partial charge in [-0.2, -0.15) is 0 Å². The largest absolute Gasteiger partial charge is 0.497 e. The summed E-state index contributed by atoms with van der Waals surface area (Å²) in [5, 5.41) is 11.0. The van der Waals surface area contributed by atoms with Crippen LogP contribution in [-0.4, -0.2) is 36.1 Å². The molecule has 1 aliphatic heterocycles. The van der Waals surface area contributed by atoms with Crippen molar-refractivity contribution in [3.8, 4) is 5.75 Å². The Hall–Kier alpha value is -2.47. The lowest BCUT2D eigenvalue weighted by Gasteiger charge is -2.39. The van der Waals surface area contributed by atoms with Crippen molar-refractivity contribution < 1.29 is 23.4 Å². The van der Waals surface area contributed by atoms with Crippen LogP contribution in [0.3, 0.4) is 0 Å². The molecule has 1 heterocycles. The van der Waals surface area contributed by atoms with Crippen LogP contribution in [0.5, 0.6) is 5.75 Å². The first kappa shape index (κ1) is 17.4. The third kappa shape index (κ3) is 3.49. The Bertz CT molecular complexity index is 796. The molecule has 4 nitrogen and oxygen atoms in total. The van der Waals surface area contributed by atoms with Gasteiger partial charge in [0, 0.05) is 12.1 Å². The monoisotopic (exact) mass is 347 g/mol. The van der Waals surface area contributed by atoms with E-state index < -0.39 is 23.1 Å². The maximum absolute atomic E-state index is 13.4. The van der Waals surface area contributed by atoms with Gasteiger partial charge in [-0.15, -0.1) is 0 Å². The van der Waals surface area contributed by atoms with Crippen molar-refractivity contribution in [2.45, 2.75) is 18.4 Å². The molecule has 0 radical (unpaired) electrons. The number of β-amino-alcohol motifs (C(OH)–C–C–N with tert-alkyl or cyclic N) is 1. The molecular weight excluding hydrogens is 328 g/mol. The zero-order valence-corrected chi connectivity index (χ0v) is 13.8. The molecule has 1 N–H and O–H groups in total. The second kappa shape index (κ2) is 6.80. The van der Waals surface area contributed by atoms with Crippen LogP contribution in [0.2, 0.25) is 0 Å². The standard InChI is InChI=1S/C19H19F2NO3/c1-25-15-5-2-4-14(11-15)19(24)8-3-9-22(12-19)18(23)13-6-7-16(20)17(21)10-13/h2,4-7,10-11,24H,3,8-9,12H2,1H3. The molecule has 1 unspecified atom stereocenters. The molecule has 1 fully saturated rings. The molecule has 1 aliphatic rings. The van der Waals surface area contributed by atoms with Gasteiger partial charge in [0.05, 0.1) is 13.7 Å². The molecule has 1 saturated heterocycles. The van der Waals surface area contributed by atoms with Crippen LogP contribution in [0.1, 0.15) is 28.8 Å². The number of hydrogen-bond donors (Lipinski definition) is 1. The molecule has 2 aromatic carbocycles. The fraction of sp³-hybridized carbons (Fsp3) is 0.316. The molecule has 1 atom stereocenters. The van der Waals surface area contributed by atoms with Crippen molar-refractivity contribution in [1.82, 2.24) is 4.90 Å². The molecule has 0 aliphatic carbocycles. The predicted molar refractivity (Wildman–Crippen MR) is 88.4 cm³/mol. The van der Waals surface area contributed by atoms with Crippen molar-refractivity contribution in [3.63, 3.8) is 0 Å². The molecule has 1 amide bonds. The Balaban J connectivity index is 1.84. The van der Waals surface area contributed by atoms with Gasteiger partial charge in [0.2, 0.25) is 0 Å². The molecule has 3 rings (SSSR count). The quantitative estimate of drug-likeness (QED) is 0.928. The highest BCUT2D eigenvalue weighted by Gasteiger charge is 2.37. The van der Waals surface area contributed by atoms with E-state index in [2.05, 4.69) is 0 Å². The number of carbonyl (C=O) groups is 1. The summed E-state index contributed by atoms with van der Waals surface area (Å²) in [7, 11) is 1.54.